The number of esters is 1. The number of benzene rings is 1. The molecule has 1 atom stereocenters. The second kappa shape index (κ2) is 6.91. The summed E-state index contributed by atoms with van der Waals surface area (Å²) in [5.41, 5.74) is 0.716. The summed E-state index contributed by atoms with van der Waals surface area (Å²) in [6, 6.07) is 6.91. The molecule has 3 rings (SSSR count). The molecule has 1 saturated heterocycles. The standard InChI is InChI=1S/C17H14FN3O3S/c1-24-17(23)11-5-7-25-16(11)21-6-4-14(15(21)22)20-13-3-2-10(9-19)8-12(13)18/h2-3,5,7-8,14,20H,4,6H2,1H3. The predicted molar refractivity (Wildman–Crippen MR) is 91.2 cm³/mol. The van der Waals surface area contributed by atoms with Gasteiger partial charge in [-0.05, 0) is 36.1 Å². The van der Waals surface area contributed by atoms with Gasteiger partial charge in [0.2, 0.25) is 5.91 Å². The van der Waals surface area contributed by atoms with Gasteiger partial charge in [-0.2, -0.15) is 5.26 Å². The van der Waals surface area contributed by atoms with Crippen molar-refractivity contribution in [2.75, 3.05) is 23.9 Å². The molecule has 25 heavy (non-hydrogen) atoms. The molecule has 6 nitrogen and oxygen atoms in total. The van der Waals surface area contributed by atoms with E-state index >= 15 is 0 Å². The molecule has 1 aliphatic heterocycles. The maximum absolute atomic E-state index is 14.0. The van der Waals surface area contributed by atoms with E-state index in [-0.39, 0.29) is 17.2 Å². The summed E-state index contributed by atoms with van der Waals surface area (Å²) in [5.74, 6) is -1.33. The van der Waals surface area contributed by atoms with Crippen LogP contribution in [-0.4, -0.2) is 31.6 Å². The van der Waals surface area contributed by atoms with Crippen LogP contribution in [0.4, 0.5) is 15.1 Å². The molecule has 1 aromatic carbocycles. The predicted octanol–water partition coefficient (Wildman–Crippen LogP) is 2.76. The van der Waals surface area contributed by atoms with Crippen molar-refractivity contribution in [3.8, 4) is 6.07 Å². The van der Waals surface area contributed by atoms with Gasteiger partial charge in [0.1, 0.15) is 16.9 Å². The first kappa shape index (κ1) is 16.9. The third-order valence-corrected chi connectivity index (χ3v) is 4.86. The third-order valence-electron chi connectivity index (χ3n) is 3.93. The summed E-state index contributed by atoms with van der Waals surface area (Å²) in [7, 11) is 1.29. The van der Waals surface area contributed by atoms with E-state index in [0.717, 1.165) is 6.07 Å². The van der Waals surface area contributed by atoms with E-state index in [9.17, 15) is 14.0 Å². The van der Waals surface area contributed by atoms with Crippen molar-refractivity contribution in [2.45, 2.75) is 12.5 Å². The molecule has 0 spiro atoms. The Morgan fingerprint density at radius 1 is 1.48 bits per heavy atom. The fraction of sp³-hybridized carbons (Fsp3) is 0.235. The molecule has 2 heterocycles. The van der Waals surface area contributed by atoms with Gasteiger partial charge in [-0.15, -0.1) is 11.3 Å². The number of rotatable bonds is 4. The molecule has 1 aliphatic rings. The van der Waals surface area contributed by atoms with Crippen molar-refractivity contribution in [2.24, 2.45) is 0 Å². The molecule has 1 aromatic heterocycles. The van der Waals surface area contributed by atoms with Crippen LogP contribution in [0.25, 0.3) is 0 Å². The van der Waals surface area contributed by atoms with Gasteiger partial charge in [0.15, 0.2) is 0 Å². The zero-order valence-corrected chi connectivity index (χ0v) is 14.1. The largest absolute Gasteiger partial charge is 0.465 e. The average Bonchev–Trinajstić information content (AvgIpc) is 3.23. The summed E-state index contributed by atoms with van der Waals surface area (Å²) < 4.78 is 18.7. The highest BCUT2D eigenvalue weighted by atomic mass is 32.1. The Bertz CT molecular complexity index is 874. The highest BCUT2D eigenvalue weighted by Gasteiger charge is 2.35. The van der Waals surface area contributed by atoms with Crippen molar-refractivity contribution >= 4 is 33.9 Å². The summed E-state index contributed by atoms with van der Waals surface area (Å²) in [4.78, 5) is 26.0. The molecule has 1 unspecified atom stereocenters. The second-order valence-corrected chi connectivity index (χ2v) is 6.31. The maximum atomic E-state index is 14.0. The number of halogens is 1. The van der Waals surface area contributed by atoms with Crippen LogP contribution in [0, 0.1) is 17.1 Å². The number of nitrogens with zero attached hydrogens (tertiary/aromatic N) is 2. The Hall–Kier alpha value is -2.92. The van der Waals surface area contributed by atoms with Crippen LogP contribution in [0.1, 0.15) is 22.3 Å². The van der Waals surface area contributed by atoms with Crippen LogP contribution in [0.15, 0.2) is 29.6 Å². The number of methoxy groups -OCH3 is 1. The van der Waals surface area contributed by atoms with Gasteiger partial charge in [0, 0.05) is 6.54 Å². The normalized spacial score (nSPS) is 16.6. The first-order valence-electron chi connectivity index (χ1n) is 7.48. The average molecular weight is 359 g/mol. The third kappa shape index (κ3) is 3.19. The van der Waals surface area contributed by atoms with Crippen LogP contribution in [0.2, 0.25) is 0 Å². The molecule has 1 fully saturated rings. The number of carbonyl (C=O) groups excluding carboxylic acids is 2. The van der Waals surface area contributed by atoms with E-state index in [1.54, 1.807) is 11.4 Å². The van der Waals surface area contributed by atoms with Crippen LogP contribution in [0.5, 0.6) is 0 Å². The number of hydrogen-bond donors (Lipinski definition) is 1. The zero-order chi connectivity index (χ0) is 18.0. The Balaban J connectivity index is 1.78. The Kier molecular flexibility index (Phi) is 4.67. The van der Waals surface area contributed by atoms with Gasteiger partial charge >= 0.3 is 5.97 Å². The molecule has 1 N–H and O–H groups in total. The van der Waals surface area contributed by atoms with Crippen molar-refractivity contribution in [1.82, 2.24) is 0 Å². The first-order valence-corrected chi connectivity index (χ1v) is 8.36. The zero-order valence-electron chi connectivity index (χ0n) is 13.3. The van der Waals surface area contributed by atoms with Gasteiger partial charge < -0.3 is 15.0 Å². The van der Waals surface area contributed by atoms with Crippen LogP contribution in [0.3, 0.4) is 0 Å². The van der Waals surface area contributed by atoms with Gasteiger partial charge in [0.05, 0.1) is 30.0 Å². The summed E-state index contributed by atoms with van der Waals surface area (Å²) in [6.07, 6.45) is 0.469. The lowest BCUT2D eigenvalue weighted by atomic mass is 10.2. The molecule has 8 heteroatoms. The molecular formula is C17H14FN3O3S. The van der Waals surface area contributed by atoms with E-state index in [0.29, 0.717) is 23.5 Å². The number of hydrogen-bond acceptors (Lipinski definition) is 6. The van der Waals surface area contributed by atoms with Gasteiger partial charge in [-0.1, -0.05) is 0 Å². The summed E-state index contributed by atoms with van der Waals surface area (Å²) >= 11 is 1.28. The van der Waals surface area contributed by atoms with Crippen LogP contribution >= 0.6 is 11.3 Å². The van der Waals surface area contributed by atoms with E-state index in [1.807, 2.05) is 6.07 Å². The van der Waals surface area contributed by atoms with Crippen molar-refractivity contribution in [3.05, 3.63) is 46.6 Å². The minimum atomic E-state index is -0.602. The smallest absolute Gasteiger partial charge is 0.340 e. The summed E-state index contributed by atoms with van der Waals surface area (Å²) in [5, 5.41) is 13.9. The Labute approximate surface area is 147 Å². The molecule has 0 bridgehead atoms. The monoisotopic (exact) mass is 359 g/mol. The molecule has 128 valence electrons. The van der Waals surface area contributed by atoms with Crippen molar-refractivity contribution in [1.29, 1.82) is 5.26 Å². The molecule has 1 amide bonds. The number of ether oxygens (including phenoxy) is 1. The molecule has 2 aromatic rings. The fourth-order valence-corrected chi connectivity index (χ4v) is 3.60. The van der Waals surface area contributed by atoms with E-state index in [1.165, 1.54) is 35.5 Å². The van der Waals surface area contributed by atoms with E-state index < -0.39 is 17.8 Å². The Morgan fingerprint density at radius 2 is 2.28 bits per heavy atom. The maximum Gasteiger partial charge on any atom is 0.340 e. The minimum absolute atomic E-state index is 0.165. The molecule has 0 aliphatic carbocycles. The topological polar surface area (TPSA) is 82.4 Å². The number of carbonyl (C=O) groups is 2. The SMILES string of the molecule is COC(=O)c1ccsc1N1CCC(Nc2ccc(C#N)cc2F)C1=O. The van der Waals surface area contributed by atoms with Gasteiger partial charge in [-0.25, -0.2) is 9.18 Å². The first-order chi connectivity index (χ1) is 12.0. The van der Waals surface area contributed by atoms with Crippen LogP contribution < -0.4 is 10.2 Å². The lowest BCUT2D eigenvalue weighted by molar-refractivity contribution is -0.117. The van der Waals surface area contributed by atoms with Gasteiger partial charge in [-0.3, -0.25) is 4.79 Å². The molecule has 0 radical (unpaired) electrons. The van der Waals surface area contributed by atoms with E-state index in [2.05, 4.69) is 5.32 Å². The molecular weight excluding hydrogens is 345 g/mol. The highest BCUT2D eigenvalue weighted by molar-refractivity contribution is 7.14. The fourth-order valence-electron chi connectivity index (χ4n) is 2.68. The Morgan fingerprint density at radius 3 is 2.96 bits per heavy atom. The van der Waals surface area contributed by atoms with Crippen LogP contribution in [-0.2, 0) is 9.53 Å². The van der Waals surface area contributed by atoms with Crippen molar-refractivity contribution < 1.29 is 18.7 Å². The number of nitrogens with one attached hydrogen (secondary N) is 1. The highest BCUT2D eigenvalue weighted by Crippen LogP contribution is 2.32. The quantitative estimate of drug-likeness (QED) is 0.849. The van der Waals surface area contributed by atoms with Gasteiger partial charge in [0.25, 0.3) is 0 Å². The lowest BCUT2D eigenvalue weighted by Crippen LogP contribution is -2.34. The second-order valence-electron chi connectivity index (χ2n) is 5.41. The lowest BCUT2D eigenvalue weighted by Gasteiger charge is -2.17. The molecule has 0 saturated carbocycles. The summed E-state index contributed by atoms with van der Waals surface area (Å²) in [6.45, 7) is 0.416. The van der Waals surface area contributed by atoms with Crippen molar-refractivity contribution in [3.63, 3.8) is 0 Å². The number of amides is 1. The van der Waals surface area contributed by atoms with E-state index in [4.69, 9.17) is 10.00 Å². The number of thiophene rings is 1. The number of nitriles is 1. The minimum Gasteiger partial charge on any atom is -0.465 e. The number of anilines is 2.